The molecule has 1 amide bonds. The number of amides is 1. The van der Waals surface area contributed by atoms with E-state index in [2.05, 4.69) is 27.1 Å². The number of methoxy groups -OCH3 is 1. The van der Waals surface area contributed by atoms with E-state index in [-0.39, 0.29) is 11.7 Å². The number of thioether (sulfide) groups is 1. The fourth-order valence-corrected chi connectivity index (χ4v) is 4.48. The molecule has 4 rings (SSSR count). The van der Waals surface area contributed by atoms with Crippen LogP contribution in [-0.4, -0.2) is 38.5 Å². The number of anilines is 1. The number of thiazole rings is 1. The Balaban J connectivity index is 1.42. The molecule has 0 aliphatic rings. The van der Waals surface area contributed by atoms with Gasteiger partial charge >= 0.3 is 0 Å². The van der Waals surface area contributed by atoms with Crippen LogP contribution in [0, 0.1) is 0 Å². The highest BCUT2D eigenvalue weighted by Gasteiger charge is 2.16. The molecular weight excluding hydrogens is 442 g/mol. The van der Waals surface area contributed by atoms with Gasteiger partial charge in [0, 0.05) is 23.1 Å². The van der Waals surface area contributed by atoms with Gasteiger partial charge < -0.3 is 10.1 Å². The predicted octanol–water partition coefficient (Wildman–Crippen LogP) is 4.99. The first-order valence-corrected chi connectivity index (χ1v) is 11.7. The lowest BCUT2D eigenvalue weighted by Crippen LogP contribution is -2.14. The Labute approximate surface area is 194 Å². The van der Waals surface area contributed by atoms with Crippen molar-refractivity contribution in [3.63, 3.8) is 0 Å². The van der Waals surface area contributed by atoms with Gasteiger partial charge in [0.25, 0.3) is 0 Å². The Morgan fingerprint density at radius 3 is 2.66 bits per heavy atom. The number of ether oxygens (including phenoxy) is 1. The molecule has 0 bridgehead atoms. The molecule has 0 radical (unpaired) electrons. The predicted molar refractivity (Wildman–Crippen MR) is 129 cm³/mol. The summed E-state index contributed by atoms with van der Waals surface area (Å²) in [5.41, 5.74) is 2.77. The molecule has 9 heteroatoms. The highest BCUT2D eigenvalue weighted by molar-refractivity contribution is 7.99. The number of carbonyl (C=O) groups is 1. The molecule has 32 heavy (non-hydrogen) atoms. The molecule has 4 aromatic rings. The number of carbonyl (C=O) groups excluding carboxylic acids is 1. The Hall–Kier alpha value is -3.43. The summed E-state index contributed by atoms with van der Waals surface area (Å²) in [5, 5.41) is 14.6. The van der Waals surface area contributed by atoms with E-state index in [9.17, 15) is 4.79 Å². The van der Waals surface area contributed by atoms with Crippen LogP contribution in [0.3, 0.4) is 0 Å². The number of nitrogens with zero attached hydrogens (tertiary/aromatic N) is 4. The summed E-state index contributed by atoms with van der Waals surface area (Å²) < 4.78 is 7.15. The first kappa shape index (κ1) is 21.8. The summed E-state index contributed by atoms with van der Waals surface area (Å²) in [6.07, 6.45) is 1.78. The number of aromatic nitrogens is 4. The highest BCUT2D eigenvalue weighted by atomic mass is 32.2. The number of hydrogen-bond acceptors (Lipinski definition) is 7. The van der Waals surface area contributed by atoms with Gasteiger partial charge in [-0.15, -0.1) is 28.1 Å². The number of benzene rings is 2. The second-order valence-electron chi connectivity index (χ2n) is 6.67. The maximum atomic E-state index is 12.5. The van der Waals surface area contributed by atoms with Gasteiger partial charge in [-0.2, -0.15) is 0 Å². The molecule has 0 unspecified atom stereocenters. The third-order valence-corrected chi connectivity index (χ3v) is 6.25. The van der Waals surface area contributed by atoms with E-state index in [1.54, 1.807) is 13.2 Å². The van der Waals surface area contributed by atoms with E-state index >= 15 is 0 Å². The van der Waals surface area contributed by atoms with Crippen molar-refractivity contribution in [3.8, 4) is 28.4 Å². The van der Waals surface area contributed by atoms with Gasteiger partial charge in [0.2, 0.25) is 5.91 Å². The van der Waals surface area contributed by atoms with Gasteiger partial charge in [-0.05, 0) is 24.3 Å². The summed E-state index contributed by atoms with van der Waals surface area (Å²) in [6.45, 7) is 4.36. The van der Waals surface area contributed by atoms with Gasteiger partial charge in [-0.3, -0.25) is 9.36 Å². The monoisotopic (exact) mass is 463 g/mol. The van der Waals surface area contributed by atoms with Crippen LogP contribution in [0.25, 0.3) is 22.6 Å². The lowest BCUT2D eigenvalue weighted by atomic mass is 10.2. The second kappa shape index (κ2) is 10.3. The molecule has 2 heterocycles. The second-order valence-corrected chi connectivity index (χ2v) is 8.48. The van der Waals surface area contributed by atoms with Crippen molar-refractivity contribution in [2.75, 3.05) is 18.2 Å². The average molecular weight is 464 g/mol. The van der Waals surface area contributed by atoms with Gasteiger partial charge in [0.1, 0.15) is 5.75 Å². The normalized spacial score (nSPS) is 10.7. The van der Waals surface area contributed by atoms with E-state index in [1.165, 1.54) is 23.1 Å². The number of nitrogens with one attached hydrogen (secondary N) is 1. The molecule has 0 saturated heterocycles. The number of rotatable bonds is 9. The van der Waals surface area contributed by atoms with Crippen LogP contribution in [0.2, 0.25) is 0 Å². The molecule has 1 N–H and O–H groups in total. The average Bonchev–Trinajstić information content (AvgIpc) is 3.46. The third kappa shape index (κ3) is 5.06. The zero-order valence-electron chi connectivity index (χ0n) is 17.4. The molecule has 0 spiro atoms. The number of hydrogen-bond donors (Lipinski definition) is 1. The SMILES string of the molecule is C=CCn1c(SCC(=O)Nc2nc(-c3ccccc3)cs2)nnc1-c1ccc(OC)cc1. The molecule has 2 aromatic heterocycles. The molecule has 0 aliphatic heterocycles. The van der Waals surface area contributed by atoms with Crippen LogP contribution in [0.4, 0.5) is 5.13 Å². The largest absolute Gasteiger partial charge is 0.497 e. The fourth-order valence-electron chi connectivity index (χ4n) is 3.00. The Bertz CT molecular complexity index is 1200. The van der Waals surface area contributed by atoms with Crippen LogP contribution >= 0.6 is 23.1 Å². The van der Waals surface area contributed by atoms with Crippen LogP contribution in [0.15, 0.2) is 77.8 Å². The van der Waals surface area contributed by atoms with Crippen molar-refractivity contribution in [1.82, 2.24) is 19.7 Å². The third-order valence-electron chi connectivity index (χ3n) is 4.53. The van der Waals surface area contributed by atoms with Crippen molar-refractivity contribution >= 4 is 34.1 Å². The van der Waals surface area contributed by atoms with Gasteiger partial charge in [-0.1, -0.05) is 48.2 Å². The van der Waals surface area contributed by atoms with E-state index in [0.717, 1.165) is 22.6 Å². The minimum atomic E-state index is -0.150. The maximum absolute atomic E-state index is 12.5. The van der Waals surface area contributed by atoms with Crippen molar-refractivity contribution in [2.24, 2.45) is 0 Å². The topological polar surface area (TPSA) is 81.9 Å². The lowest BCUT2D eigenvalue weighted by molar-refractivity contribution is -0.113. The standard InChI is InChI=1S/C23H21N5O2S2/c1-3-13-28-21(17-9-11-18(30-2)12-10-17)26-27-23(28)32-15-20(29)25-22-24-19(14-31-22)16-7-5-4-6-8-16/h3-12,14H,1,13,15H2,2H3,(H,24,25,29). The van der Waals surface area contributed by atoms with Crippen molar-refractivity contribution < 1.29 is 9.53 Å². The molecule has 0 aliphatic carbocycles. The minimum Gasteiger partial charge on any atom is -0.497 e. The minimum absolute atomic E-state index is 0.150. The lowest BCUT2D eigenvalue weighted by Gasteiger charge is -2.08. The fraction of sp³-hybridized carbons (Fsp3) is 0.130. The molecule has 0 atom stereocenters. The molecule has 162 valence electrons. The van der Waals surface area contributed by atoms with Crippen LogP contribution in [0.1, 0.15) is 0 Å². The number of allylic oxidation sites excluding steroid dienone is 1. The highest BCUT2D eigenvalue weighted by Crippen LogP contribution is 2.27. The van der Waals surface area contributed by atoms with E-state index < -0.39 is 0 Å². The van der Waals surface area contributed by atoms with Crippen LogP contribution < -0.4 is 10.1 Å². The van der Waals surface area contributed by atoms with Gasteiger partial charge in [-0.25, -0.2) is 4.98 Å². The Morgan fingerprint density at radius 2 is 1.94 bits per heavy atom. The summed E-state index contributed by atoms with van der Waals surface area (Å²) >= 11 is 2.72. The molecule has 0 fully saturated rings. The van der Waals surface area contributed by atoms with Crippen LogP contribution in [-0.2, 0) is 11.3 Å². The van der Waals surface area contributed by atoms with Crippen molar-refractivity contribution in [3.05, 3.63) is 72.6 Å². The van der Waals surface area contributed by atoms with E-state index in [4.69, 9.17) is 4.74 Å². The summed E-state index contributed by atoms with van der Waals surface area (Å²) in [6, 6.07) is 17.5. The Morgan fingerprint density at radius 1 is 1.16 bits per heavy atom. The zero-order valence-corrected chi connectivity index (χ0v) is 19.0. The first-order valence-electron chi connectivity index (χ1n) is 9.80. The molecule has 0 saturated carbocycles. The van der Waals surface area contributed by atoms with Gasteiger partial charge in [0.05, 0.1) is 18.6 Å². The zero-order chi connectivity index (χ0) is 22.3. The Kier molecular flexibility index (Phi) is 6.98. The molecular formula is C23H21N5O2S2. The van der Waals surface area contributed by atoms with E-state index in [1.807, 2.05) is 64.5 Å². The first-order chi connectivity index (χ1) is 15.7. The summed E-state index contributed by atoms with van der Waals surface area (Å²) in [5.74, 6) is 1.52. The smallest absolute Gasteiger partial charge is 0.236 e. The maximum Gasteiger partial charge on any atom is 0.236 e. The molecule has 2 aromatic carbocycles. The molecule has 7 nitrogen and oxygen atoms in total. The van der Waals surface area contributed by atoms with Crippen molar-refractivity contribution in [1.29, 1.82) is 0 Å². The van der Waals surface area contributed by atoms with Gasteiger partial charge in [0.15, 0.2) is 16.1 Å². The van der Waals surface area contributed by atoms with Crippen molar-refractivity contribution in [2.45, 2.75) is 11.7 Å². The summed E-state index contributed by atoms with van der Waals surface area (Å²) in [4.78, 5) is 17.0. The summed E-state index contributed by atoms with van der Waals surface area (Å²) in [7, 11) is 1.63. The quantitative estimate of drug-likeness (QED) is 0.278. The van der Waals surface area contributed by atoms with Crippen LogP contribution in [0.5, 0.6) is 5.75 Å². The van der Waals surface area contributed by atoms with E-state index in [0.29, 0.717) is 22.7 Å².